The van der Waals surface area contributed by atoms with Crippen molar-refractivity contribution in [3.8, 4) is 0 Å². The monoisotopic (exact) mass is 174 g/mol. The quantitative estimate of drug-likeness (QED) is 0.608. The Bertz CT molecular complexity index is 113. The highest BCUT2D eigenvalue weighted by molar-refractivity contribution is 4.76. The maximum atomic E-state index is 8.76. The molecule has 3 nitrogen and oxygen atoms in total. The van der Waals surface area contributed by atoms with Crippen LogP contribution in [0.3, 0.4) is 0 Å². The van der Waals surface area contributed by atoms with E-state index in [1.807, 2.05) is 0 Å². The molecule has 74 valence electrons. The lowest BCUT2D eigenvalue weighted by molar-refractivity contribution is 0.227. The molecule has 0 aliphatic carbocycles. The van der Waals surface area contributed by atoms with Crippen LogP contribution in [0.25, 0.3) is 0 Å². The molecule has 12 heavy (non-hydrogen) atoms. The van der Waals surface area contributed by atoms with Crippen molar-refractivity contribution in [3.05, 3.63) is 0 Å². The Kier molecular flexibility index (Phi) is 5.46. The van der Waals surface area contributed by atoms with Gasteiger partial charge in [0.05, 0.1) is 0 Å². The van der Waals surface area contributed by atoms with Gasteiger partial charge in [0, 0.05) is 25.2 Å². The highest BCUT2D eigenvalue weighted by Gasteiger charge is 2.14. The van der Waals surface area contributed by atoms with E-state index in [0.29, 0.717) is 0 Å². The molecular formula is C9H22N2O. The molecule has 0 fully saturated rings. The Morgan fingerprint density at radius 3 is 2.33 bits per heavy atom. The number of hydrogen-bond donors (Lipinski definition) is 2. The summed E-state index contributed by atoms with van der Waals surface area (Å²) in [6.45, 7) is 6.48. The van der Waals surface area contributed by atoms with Gasteiger partial charge in [-0.1, -0.05) is 0 Å². The van der Waals surface area contributed by atoms with Crippen LogP contribution in [-0.4, -0.2) is 49.3 Å². The summed E-state index contributed by atoms with van der Waals surface area (Å²) in [5, 5.41) is 12.1. The Balaban J connectivity index is 3.46. The van der Waals surface area contributed by atoms with Gasteiger partial charge >= 0.3 is 0 Å². The van der Waals surface area contributed by atoms with E-state index in [1.165, 1.54) is 0 Å². The van der Waals surface area contributed by atoms with Crippen molar-refractivity contribution in [1.82, 2.24) is 10.2 Å². The molecule has 0 aromatic carbocycles. The molecule has 0 saturated heterocycles. The lowest BCUT2D eigenvalue weighted by Gasteiger charge is -2.26. The second-order valence-electron chi connectivity index (χ2n) is 4.09. The number of nitrogens with one attached hydrogen (secondary N) is 1. The van der Waals surface area contributed by atoms with Crippen LogP contribution in [0.2, 0.25) is 0 Å². The number of hydrogen-bond acceptors (Lipinski definition) is 3. The van der Waals surface area contributed by atoms with Crippen LogP contribution in [0, 0.1) is 0 Å². The zero-order chi connectivity index (χ0) is 9.61. The van der Waals surface area contributed by atoms with Gasteiger partial charge in [0.15, 0.2) is 0 Å². The summed E-state index contributed by atoms with van der Waals surface area (Å²) in [6, 6.07) is 0. The van der Waals surface area contributed by atoms with Crippen LogP contribution in [0.4, 0.5) is 0 Å². The van der Waals surface area contributed by atoms with E-state index >= 15 is 0 Å². The van der Waals surface area contributed by atoms with Crippen molar-refractivity contribution in [3.63, 3.8) is 0 Å². The third-order valence-electron chi connectivity index (χ3n) is 1.90. The minimum atomic E-state index is 0.0603. The van der Waals surface area contributed by atoms with E-state index in [-0.39, 0.29) is 12.1 Å². The van der Waals surface area contributed by atoms with E-state index in [0.717, 1.165) is 19.5 Å². The van der Waals surface area contributed by atoms with Crippen LogP contribution in [-0.2, 0) is 0 Å². The number of nitrogens with zero attached hydrogens (tertiary/aromatic N) is 1. The second-order valence-corrected chi connectivity index (χ2v) is 4.09. The predicted octanol–water partition coefficient (Wildman–Crippen LogP) is 0.299. The number of likely N-dealkylation sites (N-methyl/N-ethyl adjacent to an activating group) is 1. The second kappa shape index (κ2) is 5.51. The number of aliphatic hydroxyl groups is 1. The van der Waals surface area contributed by atoms with Gasteiger partial charge in [-0.3, -0.25) is 0 Å². The number of aliphatic hydroxyl groups excluding tert-OH is 1. The Labute approximate surface area is 75.8 Å². The fourth-order valence-electron chi connectivity index (χ4n) is 0.986. The van der Waals surface area contributed by atoms with E-state index in [4.69, 9.17) is 5.11 Å². The molecule has 0 amide bonds. The molecular weight excluding hydrogens is 152 g/mol. The smallest absolute Gasteiger partial charge is 0.0448 e. The highest BCUT2D eigenvalue weighted by atomic mass is 16.3. The average Bonchev–Trinajstić information content (AvgIpc) is 1.85. The minimum Gasteiger partial charge on any atom is -0.396 e. The SMILES string of the molecule is CN(C)CCNC(C)(C)CCO. The molecule has 0 rings (SSSR count). The summed E-state index contributed by atoms with van der Waals surface area (Å²) >= 11 is 0. The molecule has 2 N–H and O–H groups in total. The van der Waals surface area contributed by atoms with Gasteiger partial charge in [0.2, 0.25) is 0 Å². The van der Waals surface area contributed by atoms with Crippen LogP contribution in [0.1, 0.15) is 20.3 Å². The molecule has 0 spiro atoms. The zero-order valence-electron chi connectivity index (χ0n) is 8.72. The summed E-state index contributed by atoms with van der Waals surface area (Å²) in [7, 11) is 4.11. The lowest BCUT2D eigenvalue weighted by Crippen LogP contribution is -2.43. The van der Waals surface area contributed by atoms with E-state index in [9.17, 15) is 0 Å². The van der Waals surface area contributed by atoms with Crippen molar-refractivity contribution in [2.45, 2.75) is 25.8 Å². The van der Waals surface area contributed by atoms with E-state index in [2.05, 4.69) is 38.2 Å². The number of rotatable bonds is 6. The molecule has 0 saturated carbocycles. The molecule has 0 aromatic heterocycles. The standard InChI is InChI=1S/C9H22N2O/c1-9(2,5-8-12)10-6-7-11(3)4/h10,12H,5-8H2,1-4H3. The molecule has 0 aliphatic heterocycles. The summed E-state index contributed by atoms with van der Waals surface area (Å²) in [5.41, 5.74) is 0.0603. The van der Waals surface area contributed by atoms with Gasteiger partial charge in [-0.15, -0.1) is 0 Å². The summed E-state index contributed by atoms with van der Waals surface area (Å²) < 4.78 is 0. The first kappa shape index (κ1) is 11.9. The normalized spacial score (nSPS) is 12.5. The fourth-order valence-corrected chi connectivity index (χ4v) is 0.986. The predicted molar refractivity (Wildman–Crippen MR) is 52.3 cm³/mol. The molecule has 0 bridgehead atoms. The first-order valence-electron chi connectivity index (χ1n) is 4.48. The minimum absolute atomic E-state index is 0.0603. The first-order valence-corrected chi connectivity index (χ1v) is 4.48. The highest BCUT2D eigenvalue weighted by Crippen LogP contribution is 2.05. The van der Waals surface area contributed by atoms with Crippen LogP contribution >= 0.6 is 0 Å². The molecule has 3 heteroatoms. The molecule has 0 radical (unpaired) electrons. The molecule has 0 heterocycles. The topological polar surface area (TPSA) is 35.5 Å². The van der Waals surface area contributed by atoms with Crippen molar-refractivity contribution >= 4 is 0 Å². The molecule has 0 aliphatic rings. The van der Waals surface area contributed by atoms with Crippen molar-refractivity contribution in [2.75, 3.05) is 33.8 Å². The van der Waals surface area contributed by atoms with Gasteiger partial charge in [0.1, 0.15) is 0 Å². The molecule has 0 unspecified atom stereocenters. The van der Waals surface area contributed by atoms with Gasteiger partial charge in [0.25, 0.3) is 0 Å². The molecule has 0 aromatic rings. The fraction of sp³-hybridized carbons (Fsp3) is 1.00. The Morgan fingerprint density at radius 2 is 1.92 bits per heavy atom. The van der Waals surface area contributed by atoms with Crippen LogP contribution in [0.15, 0.2) is 0 Å². The Hall–Kier alpha value is -0.120. The van der Waals surface area contributed by atoms with Crippen molar-refractivity contribution < 1.29 is 5.11 Å². The summed E-state index contributed by atoms with van der Waals surface area (Å²) in [4.78, 5) is 2.14. The van der Waals surface area contributed by atoms with Gasteiger partial charge < -0.3 is 15.3 Å². The van der Waals surface area contributed by atoms with E-state index in [1.54, 1.807) is 0 Å². The summed E-state index contributed by atoms with van der Waals surface area (Å²) in [5.74, 6) is 0. The third kappa shape index (κ3) is 6.58. The third-order valence-corrected chi connectivity index (χ3v) is 1.90. The molecule has 0 atom stereocenters. The van der Waals surface area contributed by atoms with Crippen molar-refractivity contribution in [2.24, 2.45) is 0 Å². The van der Waals surface area contributed by atoms with Crippen molar-refractivity contribution in [1.29, 1.82) is 0 Å². The van der Waals surface area contributed by atoms with Gasteiger partial charge in [-0.2, -0.15) is 0 Å². The van der Waals surface area contributed by atoms with Gasteiger partial charge in [-0.05, 0) is 34.4 Å². The maximum Gasteiger partial charge on any atom is 0.0448 e. The lowest BCUT2D eigenvalue weighted by atomic mass is 10.0. The first-order chi connectivity index (χ1) is 5.48. The largest absolute Gasteiger partial charge is 0.396 e. The maximum absolute atomic E-state index is 8.76. The average molecular weight is 174 g/mol. The zero-order valence-corrected chi connectivity index (χ0v) is 8.72. The van der Waals surface area contributed by atoms with Gasteiger partial charge in [-0.25, -0.2) is 0 Å². The summed E-state index contributed by atoms with van der Waals surface area (Å²) in [6.07, 6.45) is 0.806. The van der Waals surface area contributed by atoms with Crippen LogP contribution in [0.5, 0.6) is 0 Å². The van der Waals surface area contributed by atoms with Crippen LogP contribution < -0.4 is 5.32 Å². The van der Waals surface area contributed by atoms with E-state index < -0.39 is 0 Å². The Morgan fingerprint density at radius 1 is 1.33 bits per heavy atom.